The number of nitrogens with zero attached hydrogens (tertiary/aromatic N) is 1. The minimum Gasteiger partial charge on any atom is -0.388 e. The molecule has 0 aliphatic carbocycles. The first kappa shape index (κ1) is 13.7. The number of hydrogen-bond donors (Lipinski definition) is 4. The Kier molecular flexibility index (Phi) is 3.89. The first-order valence-electron chi connectivity index (χ1n) is 5.11. The highest BCUT2D eigenvalue weighted by molar-refractivity contribution is 7.89. The molecule has 1 heterocycles. The second kappa shape index (κ2) is 4.84. The van der Waals surface area contributed by atoms with Gasteiger partial charge >= 0.3 is 0 Å². The minimum absolute atomic E-state index is 0.0548. The number of rotatable bonds is 5. The molecular formula is C9H17N5O2S. The van der Waals surface area contributed by atoms with Crippen LogP contribution >= 0.6 is 0 Å². The van der Waals surface area contributed by atoms with Gasteiger partial charge in [0.2, 0.25) is 10.0 Å². The standard InChI is InChI=1S/C9H17N5O2S/c1-5(4-8(10)11)14-17(15,16)9-6(2)12-13-7(9)3/h5,14H,4H2,1-3H3,(H3,10,11)(H,12,13). The molecule has 0 aromatic carbocycles. The molecule has 0 aliphatic rings. The molecule has 1 aromatic rings. The van der Waals surface area contributed by atoms with Gasteiger partial charge in [-0.25, -0.2) is 13.1 Å². The zero-order valence-electron chi connectivity index (χ0n) is 10.0. The van der Waals surface area contributed by atoms with Gasteiger partial charge in [0, 0.05) is 12.5 Å². The molecule has 96 valence electrons. The molecule has 0 radical (unpaired) electrons. The van der Waals surface area contributed by atoms with Crippen LogP contribution < -0.4 is 10.5 Å². The van der Waals surface area contributed by atoms with Crippen LogP contribution in [0.2, 0.25) is 0 Å². The quantitative estimate of drug-likeness (QED) is 0.439. The molecule has 0 saturated carbocycles. The van der Waals surface area contributed by atoms with Crippen molar-refractivity contribution < 1.29 is 8.42 Å². The monoisotopic (exact) mass is 259 g/mol. The summed E-state index contributed by atoms with van der Waals surface area (Å²) < 4.78 is 26.6. The number of nitrogens with one attached hydrogen (secondary N) is 3. The Labute approximate surface area is 100 Å². The Hall–Kier alpha value is -1.41. The summed E-state index contributed by atoms with van der Waals surface area (Å²) in [6.45, 7) is 4.92. The zero-order chi connectivity index (χ0) is 13.2. The average molecular weight is 259 g/mol. The maximum Gasteiger partial charge on any atom is 0.244 e. The first-order chi connectivity index (χ1) is 7.74. The van der Waals surface area contributed by atoms with Crippen LogP contribution in [0.15, 0.2) is 4.90 Å². The molecule has 17 heavy (non-hydrogen) atoms. The van der Waals surface area contributed by atoms with E-state index >= 15 is 0 Å². The lowest BCUT2D eigenvalue weighted by Crippen LogP contribution is -2.35. The van der Waals surface area contributed by atoms with Crippen LogP contribution in [0.3, 0.4) is 0 Å². The van der Waals surface area contributed by atoms with Crippen molar-refractivity contribution in [1.29, 1.82) is 5.41 Å². The van der Waals surface area contributed by atoms with Crippen molar-refractivity contribution in [3.05, 3.63) is 11.4 Å². The second-order valence-electron chi connectivity index (χ2n) is 4.01. The zero-order valence-corrected chi connectivity index (χ0v) is 10.9. The lowest BCUT2D eigenvalue weighted by Gasteiger charge is -2.13. The van der Waals surface area contributed by atoms with Gasteiger partial charge in [-0.15, -0.1) is 0 Å². The summed E-state index contributed by atoms with van der Waals surface area (Å²) in [6, 6.07) is -0.425. The number of amidine groups is 1. The molecule has 0 fully saturated rings. The van der Waals surface area contributed by atoms with Gasteiger partial charge in [0.1, 0.15) is 4.90 Å². The maximum absolute atomic E-state index is 12.0. The molecule has 5 N–H and O–H groups in total. The fourth-order valence-corrected chi connectivity index (χ4v) is 3.25. The van der Waals surface area contributed by atoms with E-state index in [1.54, 1.807) is 20.8 Å². The first-order valence-corrected chi connectivity index (χ1v) is 6.59. The molecule has 0 aliphatic heterocycles. The smallest absolute Gasteiger partial charge is 0.244 e. The maximum atomic E-state index is 12.0. The molecule has 8 heteroatoms. The van der Waals surface area contributed by atoms with Gasteiger partial charge in [0.05, 0.1) is 17.2 Å². The van der Waals surface area contributed by atoms with E-state index < -0.39 is 16.1 Å². The van der Waals surface area contributed by atoms with E-state index in [9.17, 15) is 8.42 Å². The third-order valence-electron chi connectivity index (χ3n) is 2.21. The molecule has 1 atom stereocenters. The van der Waals surface area contributed by atoms with Crippen molar-refractivity contribution in [3.63, 3.8) is 0 Å². The molecule has 7 nitrogen and oxygen atoms in total. The van der Waals surface area contributed by atoms with Crippen molar-refractivity contribution in [3.8, 4) is 0 Å². The predicted octanol–water partition coefficient (Wildman–Crippen LogP) is 0.0194. The van der Waals surface area contributed by atoms with Crippen molar-refractivity contribution in [1.82, 2.24) is 14.9 Å². The van der Waals surface area contributed by atoms with Crippen LogP contribution in [0, 0.1) is 19.3 Å². The minimum atomic E-state index is -3.62. The molecule has 0 spiro atoms. The topological polar surface area (TPSA) is 125 Å². The lowest BCUT2D eigenvalue weighted by atomic mass is 10.2. The Balaban J connectivity index is 2.94. The average Bonchev–Trinajstić information content (AvgIpc) is 2.43. The number of aromatic nitrogens is 2. The summed E-state index contributed by atoms with van der Waals surface area (Å²) in [5, 5.41) is 13.6. The summed E-state index contributed by atoms with van der Waals surface area (Å²) in [7, 11) is -3.62. The summed E-state index contributed by atoms with van der Waals surface area (Å²) in [5.74, 6) is -0.0548. The summed E-state index contributed by atoms with van der Waals surface area (Å²) in [5.41, 5.74) is 6.13. The highest BCUT2D eigenvalue weighted by Crippen LogP contribution is 2.16. The SMILES string of the molecule is Cc1n[nH]c(C)c1S(=O)(=O)NC(C)CC(=N)N. The molecular weight excluding hydrogens is 242 g/mol. The Morgan fingerprint density at radius 2 is 2.18 bits per heavy atom. The van der Waals surface area contributed by atoms with Crippen LogP contribution in [0.4, 0.5) is 0 Å². The summed E-state index contributed by atoms with van der Waals surface area (Å²) >= 11 is 0. The van der Waals surface area contributed by atoms with E-state index in [1.807, 2.05) is 0 Å². The van der Waals surface area contributed by atoms with Gasteiger partial charge in [-0.3, -0.25) is 10.5 Å². The fraction of sp³-hybridized carbons (Fsp3) is 0.556. The molecule has 1 unspecified atom stereocenters. The second-order valence-corrected chi connectivity index (χ2v) is 5.67. The van der Waals surface area contributed by atoms with Gasteiger partial charge in [-0.05, 0) is 20.8 Å². The van der Waals surface area contributed by atoms with Crippen molar-refractivity contribution in [2.24, 2.45) is 5.73 Å². The van der Waals surface area contributed by atoms with E-state index in [1.165, 1.54) is 0 Å². The van der Waals surface area contributed by atoms with Crippen LogP contribution in [0.1, 0.15) is 24.7 Å². The normalized spacial score (nSPS) is 13.6. The van der Waals surface area contributed by atoms with Gasteiger partial charge in [0.25, 0.3) is 0 Å². The number of nitrogens with two attached hydrogens (primary N) is 1. The van der Waals surface area contributed by atoms with Crippen molar-refractivity contribution in [2.75, 3.05) is 0 Å². The third-order valence-corrected chi connectivity index (χ3v) is 4.06. The molecule has 0 saturated heterocycles. The summed E-state index contributed by atoms with van der Waals surface area (Å²) in [4.78, 5) is 0.160. The van der Waals surface area contributed by atoms with Crippen LogP contribution in [0.25, 0.3) is 0 Å². The highest BCUT2D eigenvalue weighted by Gasteiger charge is 2.24. The summed E-state index contributed by atoms with van der Waals surface area (Å²) in [6.07, 6.45) is 0.176. The van der Waals surface area contributed by atoms with Crippen LogP contribution in [-0.2, 0) is 10.0 Å². The number of hydrogen-bond acceptors (Lipinski definition) is 4. The van der Waals surface area contributed by atoms with Crippen molar-refractivity contribution >= 4 is 15.9 Å². The van der Waals surface area contributed by atoms with Gasteiger partial charge < -0.3 is 5.73 Å². The van der Waals surface area contributed by atoms with Crippen LogP contribution in [0.5, 0.6) is 0 Å². The number of aryl methyl sites for hydroxylation is 2. The van der Waals surface area contributed by atoms with E-state index in [2.05, 4.69) is 14.9 Å². The Bertz CT molecular complexity index is 500. The Morgan fingerprint density at radius 1 is 1.59 bits per heavy atom. The third kappa shape index (κ3) is 3.27. The molecule has 0 bridgehead atoms. The van der Waals surface area contributed by atoms with E-state index in [0.717, 1.165) is 0 Å². The number of sulfonamides is 1. The lowest BCUT2D eigenvalue weighted by molar-refractivity contribution is 0.563. The molecule has 1 aromatic heterocycles. The molecule has 0 amide bonds. The number of aromatic amines is 1. The van der Waals surface area contributed by atoms with Gasteiger partial charge in [-0.2, -0.15) is 5.10 Å². The largest absolute Gasteiger partial charge is 0.388 e. The Morgan fingerprint density at radius 3 is 2.59 bits per heavy atom. The van der Waals surface area contributed by atoms with E-state index in [4.69, 9.17) is 11.1 Å². The van der Waals surface area contributed by atoms with E-state index in [-0.39, 0.29) is 17.2 Å². The van der Waals surface area contributed by atoms with Gasteiger partial charge in [0.15, 0.2) is 0 Å². The van der Waals surface area contributed by atoms with E-state index in [0.29, 0.717) is 11.4 Å². The molecule has 1 rings (SSSR count). The predicted molar refractivity (Wildman–Crippen MR) is 64.4 cm³/mol. The van der Waals surface area contributed by atoms with Crippen molar-refractivity contribution in [2.45, 2.75) is 38.1 Å². The fourth-order valence-electron chi connectivity index (χ4n) is 1.63. The van der Waals surface area contributed by atoms with Crippen LogP contribution in [-0.4, -0.2) is 30.5 Å². The number of H-pyrrole nitrogens is 1. The highest BCUT2D eigenvalue weighted by atomic mass is 32.2. The van der Waals surface area contributed by atoms with Gasteiger partial charge in [-0.1, -0.05) is 0 Å².